The summed E-state index contributed by atoms with van der Waals surface area (Å²) in [5.41, 5.74) is 2.65. The van der Waals surface area contributed by atoms with Crippen LogP contribution in [0.25, 0.3) is 0 Å². The van der Waals surface area contributed by atoms with Crippen LogP contribution in [0.1, 0.15) is 89.5 Å². The molecule has 1 aromatic carbocycles. The highest BCUT2D eigenvalue weighted by molar-refractivity contribution is 7.89. The summed E-state index contributed by atoms with van der Waals surface area (Å²) >= 11 is 1.61. The van der Waals surface area contributed by atoms with Crippen molar-refractivity contribution in [2.75, 3.05) is 26.2 Å². The lowest BCUT2D eigenvalue weighted by atomic mass is 9.92. The number of unbranched alkanes of at least 4 members (excludes halogenated alkanes) is 5. The van der Waals surface area contributed by atoms with Crippen LogP contribution in [-0.4, -0.2) is 51.4 Å². The van der Waals surface area contributed by atoms with E-state index in [1.54, 1.807) is 23.2 Å². The fraction of sp³-hybridized carbons (Fsp3) is 0.600. The topological polar surface area (TPSA) is 92.8 Å². The summed E-state index contributed by atoms with van der Waals surface area (Å²) in [7, 11) is -3.48. The Morgan fingerprint density at radius 3 is 2.23 bits per heavy atom. The van der Waals surface area contributed by atoms with Crippen molar-refractivity contribution in [1.82, 2.24) is 9.62 Å². The predicted octanol–water partition coefficient (Wildman–Crippen LogP) is 6.59. The van der Waals surface area contributed by atoms with Gasteiger partial charge >= 0.3 is 6.09 Å². The van der Waals surface area contributed by atoms with E-state index < -0.39 is 10.0 Å². The first-order valence-electron chi connectivity index (χ1n) is 14.2. The molecule has 2 heterocycles. The molecule has 0 spiro atoms. The van der Waals surface area contributed by atoms with Gasteiger partial charge in [0.25, 0.3) is 0 Å². The van der Waals surface area contributed by atoms with E-state index in [2.05, 4.69) is 10.8 Å². The number of likely N-dealkylation sites (tertiary alicyclic amines) is 1. The summed E-state index contributed by atoms with van der Waals surface area (Å²) in [5.74, 6) is 0.190. The molecular weight excluding hydrogens is 532 g/mol. The number of aryl methyl sites for hydroxylation is 4. The Kier molecular flexibility index (Phi) is 12.0. The van der Waals surface area contributed by atoms with Gasteiger partial charge in [-0.2, -0.15) is 0 Å². The van der Waals surface area contributed by atoms with Gasteiger partial charge in [-0.15, -0.1) is 11.3 Å². The number of sulfonamides is 1. The normalized spacial score (nSPS) is 14.5. The fourth-order valence-electron chi connectivity index (χ4n) is 5.39. The molecule has 1 aliphatic heterocycles. The highest BCUT2D eigenvalue weighted by Gasteiger charge is 2.29. The minimum atomic E-state index is -3.48. The smallest absolute Gasteiger partial charge is 0.409 e. The molecule has 0 bridgehead atoms. The number of piperidine rings is 1. The molecule has 0 radical (unpaired) electrons. The zero-order valence-electron chi connectivity index (χ0n) is 23.9. The molecule has 0 unspecified atom stereocenters. The first kappa shape index (κ1) is 31.3. The van der Waals surface area contributed by atoms with Crippen LogP contribution in [0.3, 0.4) is 0 Å². The Morgan fingerprint density at radius 2 is 1.59 bits per heavy atom. The molecule has 1 aliphatic rings. The molecule has 0 atom stereocenters. The first-order valence-corrected chi connectivity index (χ1v) is 16.5. The van der Waals surface area contributed by atoms with Crippen LogP contribution in [0.2, 0.25) is 0 Å². The van der Waals surface area contributed by atoms with Crippen LogP contribution in [0, 0.1) is 26.7 Å². The van der Waals surface area contributed by atoms with Crippen LogP contribution in [-0.2, 0) is 21.2 Å². The van der Waals surface area contributed by atoms with Gasteiger partial charge in [0.2, 0.25) is 10.0 Å². The Labute approximate surface area is 238 Å². The molecule has 1 N–H and O–H groups in total. The molecule has 1 saturated heterocycles. The van der Waals surface area contributed by atoms with Crippen LogP contribution in [0.4, 0.5) is 4.79 Å². The SMILES string of the molecule is CCOC(=O)N1CCC(C(=O)c2ccc(CCCCCCCCNS(=O)(=O)c3c(C)cc(C)cc3C)s2)CC1. The lowest BCUT2D eigenvalue weighted by Gasteiger charge is -2.30. The first-order chi connectivity index (χ1) is 18.6. The van der Waals surface area contributed by atoms with Gasteiger partial charge < -0.3 is 9.64 Å². The highest BCUT2D eigenvalue weighted by atomic mass is 32.2. The van der Waals surface area contributed by atoms with Gasteiger partial charge in [-0.3, -0.25) is 4.79 Å². The fourth-order valence-corrected chi connectivity index (χ4v) is 7.98. The van der Waals surface area contributed by atoms with Crippen molar-refractivity contribution in [2.45, 2.75) is 90.4 Å². The summed E-state index contributed by atoms with van der Waals surface area (Å²) < 4.78 is 33.3. The number of carbonyl (C=O) groups is 2. The molecule has 1 amide bonds. The zero-order valence-corrected chi connectivity index (χ0v) is 25.5. The van der Waals surface area contributed by atoms with E-state index in [1.165, 1.54) is 4.88 Å². The second-order valence-electron chi connectivity index (χ2n) is 10.6. The average Bonchev–Trinajstić information content (AvgIpc) is 3.35. The van der Waals surface area contributed by atoms with Crippen molar-refractivity contribution in [3.8, 4) is 0 Å². The zero-order chi connectivity index (χ0) is 28.4. The molecule has 2 aromatic rings. The van der Waals surface area contributed by atoms with Crippen molar-refractivity contribution in [3.63, 3.8) is 0 Å². The van der Waals surface area contributed by atoms with Gasteiger partial charge in [0.1, 0.15) is 0 Å². The number of nitrogens with zero attached hydrogens (tertiary/aromatic N) is 1. The molecule has 0 saturated carbocycles. The van der Waals surface area contributed by atoms with Gasteiger partial charge in [0, 0.05) is 30.4 Å². The second kappa shape index (κ2) is 15.0. The number of Topliss-reactive ketones (excluding diaryl/α,β-unsaturated/α-hetero) is 1. The molecule has 7 nitrogen and oxygen atoms in total. The summed E-state index contributed by atoms with van der Waals surface area (Å²) in [4.78, 5) is 29.0. The third-order valence-corrected chi connectivity index (χ3v) is 10.2. The molecular formula is C30H44N2O5S2. The van der Waals surface area contributed by atoms with Crippen LogP contribution >= 0.6 is 11.3 Å². The van der Waals surface area contributed by atoms with Gasteiger partial charge in [-0.25, -0.2) is 17.9 Å². The van der Waals surface area contributed by atoms with E-state index in [0.717, 1.165) is 66.5 Å². The second-order valence-corrected chi connectivity index (χ2v) is 13.5. The lowest BCUT2D eigenvalue weighted by Crippen LogP contribution is -2.40. The van der Waals surface area contributed by atoms with Crippen LogP contribution in [0.5, 0.6) is 0 Å². The van der Waals surface area contributed by atoms with Crippen molar-refractivity contribution in [3.05, 3.63) is 50.7 Å². The molecule has 9 heteroatoms. The molecule has 1 aromatic heterocycles. The van der Waals surface area contributed by atoms with E-state index in [9.17, 15) is 18.0 Å². The van der Waals surface area contributed by atoms with Gasteiger partial charge in [0.15, 0.2) is 5.78 Å². The minimum absolute atomic E-state index is 0.0170. The van der Waals surface area contributed by atoms with Crippen molar-refractivity contribution in [1.29, 1.82) is 0 Å². The highest BCUT2D eigenvalue weighted by Crippen LogP contribution is 2.27. The van der Waals surface area contributed by atoms with E-state index in [0.29, 0.717) is 44.0 Å². The number of rotatable bonds is 14. The molecule has 39 heavy (non-hydrogen) atoms. The number of carbonyl (C=O) groups excluding carboxylic acids is 2. The number of nitrogens with one attached hydrogen (secondary N) is 1. The number of hydrogen-bond acceptors (Lipinski definition) is 6. The molecule has 1 fully saturated rings. The standard InChI is InChI=1S/C30H44N2O5S2/c1-5-37-30(34)32-18-15-25(16-19-32)28(33)27-14-13-26(38-27)12-10-8-6-7-9-11-17-31-39(35,36)29-23(3)20-22(2)21-24(29)4/h13-14,20-21,25,31H,5-12,15-19H2,1-4H3. The number of amides is 1. The van der Waals surface area contributed by atoms with Gasteiger partial charge in [-0.1, -0.05) is 43.4 Å². The molecule has 3 rings (SSSR count). The summed E-state index contributed by atoms with van der Waals surface area (Å²) in [6.07, 6.45) is 8.34. The Morgan fingerprint density at radius 1 is 0.974 bits per heavy atom. The number of ketones is 1. The van der Waals surface area contributed by atoms with Gasteiger partial charge in [-0.05, 0) is 83.1 Å². The van der Waals surface area contributed by atoms with Crippen molar-refractivity contribution < 1.29 is 22.7 Å². The number of benzene rings is 1. The largest absolute Gasteiger partial charge is 0.450 e. The predicted molar refractivity (Wildman–Crippen MR) is 157 cm³/mol. The van der Waals surface area contributed by atoms with E-state index in [4.69, 9.17) is 4.74 Å². The molecule has 0 aliphatic carbocycles. The number of thiophene rings is 1. The number of ether oxygens (including phenoxy) is 1. The van der Waals surface area contributed by atoms with Crippen molar-refractivity contribution >= 4 is 33.2 Å². The van der Waals surface area contributed by atoms with Crippen LogP contribution in [0.15, 0.2) is 29.2 Å². The van der Waals surface area contributed by atoms with Gasteiger partial charge in [0.05, 0.1) is 16.4 Å². The summed E-state index contributed by atoms with van der Waals surface area (Å²) in [6.45, 7) is 9.45. The quantitative estimate of drug-likeness (QED) is 0.202. The third-order valence-electron chi connectivity index (χ3n) is 7.31. The number of hydrogen-bond donors (Lipinski definition) is 1. The average molecular weight is 577 g/mol. The molecule has 216 valence electrons. The summed E-state index contributed by atoms with van der Waals surface area (Å²) in [5, 5.41) is 0. The van der Waals surface area contributed by atoms with E-state index in [-0.39, 0.29) is 17.8 Å². The summed E-state index contributed by atoms with van der Waals surface area (Å²) in [6, 6.07) is 7.86. The Hall–Kier alpha value is -2.23. The maximum absolute atomic E-state index is 12.9. The van der Waals surface area contributed by atoms with E-state index >= 15 is 0 Å². The maximum atomic E-state index is 12.9. The lowest BCUT2D eigenvalue weighted by molar-refractivity contribution is 0.0756. The Balaban J connectivity index is 1.28. The minimum Gasteiger partial charge on any atom is -0.450 e. The third kappa shape index (κ3) is 9.15. The monoisotopic (exact) mass is 576 g/mol. The maximum Gasteiger partial charge on any atom is 0.409 e. The van der Waals surface area contributed by atoms with Crippen LogP contribution < -0.4 is 4.72 Å². The Bertz CT molecular complexity index is 1190. The van der Waals surface area contributed by atoms with Crippen molar-refractivity contribution in [2.24, 2.45) is 5.92 Å². The van der Waals surface area contributed by atoms with E-state index in [1.807, 2.05) is 39.0 Å².